The zero-order valence-electron chi connectivity index (χ0n) is 19.3. The number of urea groups is 1. The first-order valence-corrected chi connectivity index (χ1v) is 12.1. The highest BCUT2D eigenvalue weighted by atomic mass is 19.1. The van der Waals surface area contributed by atoms with Gasteiger partial charge in [0.1, 0.15) is 11.6 Å². The number of hydrogen-bond acceptors (Lipinski definition) is 5. The fraction of sp³-hybridized carbons (Fsp3) is 0.308. The third-order valence-electron chi connectivity index (χ3n) is 6.73. The normalized spacial score (nSPS) is 15.8. The highest BCUT2D eigenvalue weighted by molar-refractivity contribution is 5.90. The lowest BCUT2D eigenvalue weighted by Crippen LogP contribution is -2.32. The van der Waals surface area contributed by atoms with Gasteiger partial charge in [-0.25, -0.2) is 19.2 Å². The van der Waals surface area contributed by atoms with Gasteiger partial charge in [-0.3, -0.25) is 4.98 Å². The van der Waals surface area contributed by atoms with E-state index in [-0.39, 0.29) is 11.6 Å². The standard InChI is InChI=1S/C26H26FN7O/c27-22-6-5-19(30-26(35)34-9-3-4-10-34)13-21(22)24-31-23-12-18(15-29-25(23)32-24)17-11-20(16-28-14-17)33-7-1-2-8-33/h5-6,11-16H,1-4,7-10H2,(H,30,35)(H,29,31,32). The number of pyridine rings is 2. The average molecular weight is 472 g/mol. The highest BCUT2D eigenvalue weighted by Gasteiger charge is 2.19. The van der Waals surface area contributed by atoms with Gasteiger partial charge in [-0.2, -0.15) is 0 Å². The number of H-pyrrole nitrogens is 1. The summed E-state index contributed by atoms with van der Waals surface area (Å²) in [7, 11) is 0. The van der Waals surface area contributed by atoms with E-state index in [1.807, 2.05) is 18.5 Å². The molecule has 6 rings (SSSR count). The van der Waals surface area contributed by atoms with Gasteiger partial charge in [-0.15, -0.1) is 0 Å². The molecule has 5 heterocycles. The van der Waals surface area contributed by atoms with Crippen LogP contribution >= 0.6 is 0 Å². The van der Waals surface area contributed by atoms with E-state index in [9.17, 15) is 9.18 Å². The number of nitrogens with one attached hydrogen (secondary N) is 2. The third-order valence-corrected chi connectivity index (χ3v) is 6.73. The van der Waals surface area contributed by atoms with Crippen LogP contribution in [0.2, 0.25) is 0 Å². The van der Waals surface area contributed by atoms with Gasteiger partial charge >= 0.3 is 6.03 Å². The minimum Gasteiger partial charge on any atom is -0.370 e. The van der Waals surface area contributed by atoms with Gasteiger partial charge in [0, 0.05) is 55.4 Å². The summed E-state index contributed by atoms with van der Waals surface area (Å²) in [6, 6.07) is 8.43. The van der Waals surface area contributed by atoms with Crippen LogP contribution in [0.25, 0.3) is 33.7 Å². The van der Waals surface area contributed by atoms with Crippen molar-refractivity contribution in [3.63, 3.8) is 0 Å². The predicted octanol–water partition coefficient (Wildman–Crippen LogP) is 5.05. The smallest absolute Gasteiger partial charge is 0.321 e. The van der Waals surface area contributed by atoms with Gasteiger partial charge in [-0.05, 0) is 56.0 Å². The number of rotatable bonds is 4. The zero-order chi connectivity index (χ0) is 23.8. The number of nitrogens with zero attached hydrogens (tertiary/aromatic N) is 5. The quantitative estimate of drug-likeness (QED) is 0.435. The Kier molecular flexibility index (Phi) is 5.52. The van der Waals surface area contributed by atoms with Crippen molar-refractivity contribution in [2.24, 2.45) is 0 Å². The van der Waals surface area contributed by atoms with Crippen molar-refractivity contribution in [2.75, 3.05) is 36.4 Å². The molecule has 2 aliphatic heterocycles. The van der Waals surface area contributed by atoms with Gasteiger partial charge in [0.2, 0.25) is 0 Å². The van der Waals surface area contributed by atoms with Crippen LogP contribution in [0.15, 0.2) is 48.9 Å². The number of hydrogen-bond donors (Lipinski definition) is 2. The third kappa shape index (κ3) is 4.29. The molecule has 4 aromatic rings. The highest BCUT2D eigenvalue weighted by Crippen LogP contribution is 2.29. The van der Waals surface area contributed by atoms with E-state index in [4.69, 9.17) is 0 Å². The molecule has 2 saturated heterocycles. The SMILES string of the molecule is O=C(Nc1ccc(F)c(-c2nc3ncc(-c4cncc(N5CCCC5)c4)cc3[nH]2)c1)N1CCCC1. The maximum absolute atomic E-state index is 14.7. The number of carbonyl (C=O) groups is 1. The molecule has 2 aliphatic rings. The summed E-state index contributed by atoms with van der Waals surface area (Å²) in [4.78, 5) is 33.2. The lowest BCUT2D eigenvalue weighted by molar-refractivity contribution is 0.222. The van der Waals surface area contributed by atoms with E-state index < -0.39 is 5.82 Å². The van der Waals surface area contributed by atoms with Crippen LogP contribution in [-0.4, -0.2) is 57.0 Å². The number of carbonyl (C=O) groups excluding carboxylic acids is 1. The minimum atomic E-state index is -0.425. The van der Waals surface area contributed by atoms with Crippen LogP contribution in [0.4, 0.5) is 20.6 Å². The van der Waals surface area contributed by atoms with E-state index in [0.717, 1.165) is 55.8 Å². The summed E-state index contributed by atoms with van der Waals surface area (Å²) in [6.07, 6.45) is 9.91. The van der Waals surface area contributed by atoms with Crippen molar-refractivity contribution in [2.45, 2.75) is 25.7 Å². The molecule has 0 saturated carbocycles. The second-order valence-electron chi connectivity index (χ2n) is 9.13. The number of benzene rings is 1. The maximum atomic E-state index is 14.7. The van der Waals surface area contributed by atoms with Crippen LogP contribution in [0.1, 0.15) is 25.7 Å². The Morgan fingerprint density at radius 1 is 0.943 bits per heavy atom. The van der Waals surface area contributed by atoms with Gasteiger partial charge in [-0.1, -0.05) is 0 Å². The first kappa shape index (κ1) is 21.5. The molecular weight excluding hydrogens is 445 g/mol. The zero-order valence-corrected chi connectivity index (χ0v) is 19.3. The number of aromatic nitrogens is 4. The Balaban J connectivity index is 1.28. The van der Waals surface area contributed by atoms with E-state index in [2.05, 4.69) is 36.2 Å². The molecule has 0 bridgehead atoms. The molecule has 2 N–H and O–H groups in total. The molecule has 2 fully saturated rings. The fourth-order valence-electron chi connectivity index (χ4n) is 4.83. The van der Waals surface area contributed by atoms with Crippen LogP contribution < -0.4 is 10.2 Å². The molecular formula is C26H26FN7O. The number of halogens is 1. The van der Waals surface area contributed by atoms with Crippen LogP contribution in [-0.2, 0) is 0 Å². The molecule has 0 radical (unpaired) electrons. The molecule has 2 amide bonds. The number of imidazole rings is 1. The van der Waals surface area contributed by atoms with E-state index in [0.29, 0.717) is 22.7 Å². The molecule has 35 heavy (non-hydrogen) atoms. The summed E-state index contributed by atoms with van der Waals surface area (Å²) in [5.74, 6) is -0.0608. The predicted molar refractivity (Wildman–Crippen MR) is 134 cm³/mol. The number of amides is 2. The summed E-state index contributed by atoms with van der Waals surface area (Å²) in [5.41, 5.74) is 5.00. The van der Waals surface area contributed by atoms with Crippen LogP contribution in [0, 0.1) is 5.82 Å². The van der Waals surface area contributed by atoms with Crippen molar-refractivity contribution in [1.82, 2.24) is 24.8 Å². The molecule has 8 nitrogen and oxygen atoms in total. The monoisotopic (exact) mass is 471 g/mol. The minimum absolute atomic E-state index is 0.166. The molecule has 0 unspecified atom stereocenters. The summed E-state index contributed by atoms with van der Waals surface area (Å²) in [5, 5.41) is 2.87. The molecule has 178 valence electrons. The Labute approximate surface area is 202 Å². The Morgan fingerprint density at radius 3 is 2.54 bits per heavy atom. The average Bonchev–Trinajstić information content (AvgIpc) is 3.66. The van der Waals surface area contributed by atoms with E-state index in [1.54, 1.807) is 23.2 Å². The largest absolute Gasteiger partial charge is 0.370 e. The fourth-order valence-corrected chi connectivity index (χ4v) is 4.83. The van der Waals surface area contributed by atoms with Gasteiger partial charge in [0.15, 0.2) is 5.65 Å². The summed E-state index contributed by atoms with van der Waals surface area (Å²) >= 11 is 0. The van der Waals surface area contributed by atoms with Crippen molar-refractivity contribution < 1.29 is 9.18 Å². The number of aromatic amines is 1. The molecule has 3 aromatic heterocycles. The van der Waals surface area contributed by atoms with Crippen molar-refractivity contribution >= 4 is 28.6 Å². The van der Waals surface area contributed by atoms with E-state index >= 15 is 0 Å². The first-order chi connectivity index (χ1) is 17.1. The summed E-state index contributed by atoms with van der Waals surface area (Å²) in [6.45, 7) is 3.59. The Bertz CT molecular complexity index is 1390. The van der Waals surface area contributed by atoms with Crippen molar-refractivity contribution in [3.8, 4) is 22.5 Å². The van der Waals surface area contributed by atoms with Crippen LogP contribution in [0.3, 0.4) is 0 Å². The number of anilines is 2. The molecule has 1 aromatic carbocycles. The lowest BCUT2D eigenvalue weighted by atomic mass is 10.1. The van der Waals surface area contributed by atoms with Gasteiger partial charge in [0.25, 0.3) is 0 Å². The molecule has 0 atom stereocenters. The molecule has 0 aliphatic carbocycles. The lowest BCUT2D eigenvalue weighted by Gasteiger charge is -2.17. The number of likely N-dealkylation sites (tertiary alicyclic amines) is 1. The van der Waals surface area contributed by atoms with Crippen molar-refractivity contribution in [3.05, 3.63) is 54.7 Å². The van der Waals surface area contributed by atoms with Crippen LogP contribution in [0.5, 0.6) is 0 Å². The molecule has 0 spiro atoms. The van der Waals surface area contributed by atoms with E-state index in [1.165, 1.54) is 18.9 Å². The maximum Gasteiger partial charge on any atom is 0.321 e. The second kappa shape index (κ2) is 8.98. The Morgan fingerprint density at radius 2 is 1.71 bits per heavy atom. The first-order valence-electron chi connectivity index (χ1n) is 12.1. The number of fused-ring (bicyclic) bond motifs is 1. The molecule has 9 heteroatoms. The topological polar surface area (TPSA) is 90.0 Å². The van der Waals surface area contributed by atoms with Gasteiger partial charge < -0.3 is 20.1 Å². The summed E-state index contributed by atoms with van der Waals surface area (Å²) < 4.78 is 14.7. The second-order valence-corrected chi connectivity index (χ2v) is 9.13. The van der Waals surface area contributed by atoms with Gasteiger partial charge in [0.05, 0.1) is 23.0 Å². The Hall–Kier alpha value is -4.01. The van der Waals surface area contributed by atoms with Crippen molar-refractivity contribution in [1.29, 1.82) is 0 Å².